The van der Waals surface area contributed by atoms with Crippen LogP contribution < -0.4 is 5.73 Å². The van der Waals surface area contributed by atoms with E-state index < -0.39 is 0 Å². The number of carbonyl (C=O) groups excluding carboxylic acids is 1. The molecule has 3 nitrogen and oxygen atoms in total. The molecule has 0 radical (unpaired) electrons. The van der Waals surface area contributed by atoms with E-state index >= 15 is 0 Å². The molecule has 0 aliphatic rings. The van der Waals surface area contributed by atoms with Crippen molar-refractivity contribution >= 4 is 50.6 Å². The molecule has 0 fully saturated rings. The quantitative estimate of drug-likeness (QED) is 0.830. The first-order valence-electron chi connectivity index (χ1n) is 5.48. The highest BCUT2D eigenvalue weighted by Gasteiger charge is 2.16. The van der Waals surface area contributed by atoms with E-state index in [0.29, 0.717) is 22.1 Å². The Morgan fingerprint density at radius 3 is 2.72 bits per heavy atom. The number of hydrogen-bond donors (Lipinski definition) is 1. The fraction of sp³-hybridized carbons (Fsp3) is 0.333. The Morgan fingerprint density at radius 2 is 2.22 bits per heavy atom. The lowest BCUT2D eigenvalue weighted by Crippen LogP contribution is -2.38. The summed E-state index contributed by atoms with van der Waals surface area (Å²) in [5.74, 6) is -0.112. The number of amides is 1. The first kappa shape index (κ1) is 15.4. The normalized spacial score (nSPS) is 10.2. The molecule has 6 heteroatoms. The molecule has 18 heavy (non-hydrogen) atoms. The fourth-order valence-electron chi connectivity index (χ4n) is 1.52. The van der Waals surface area contributed by atoms with E-state index in [1.54, 1.807) is 23.1 Å². The minimum atomic E-state index is -0.112. The van der Waals surface area contributed by atoms with Crippen molar-refractivity contribution in [1.82, 2.24) is 4.90 Å². The lowest BCUT2D eigenvalue weighted by molar-refractivity contribution is 0.0780. The van der Waals surface area contributed by atoms with Crippen molar-refractivity contribution < 1.29 is 4.79 Å². The van der Waals surface area contributed by atoms with Gasteiger partial charge in [-0.25, -0.2) is 0 Å². The Kier molecular flexibility index (Phi) is 6.05. The van der Waals surface area contributed by atoms with Crippen LogP contribution in [0.5, 0.6) is 0 Å². The topological polar surface area (TPSA) is 46.3 Å². The van der Waals surface area contributed by atoms with E-state index in [9.17, 15) is 4.79 Å². The summed E-state index contributed by atoms with van der Waals surface area (Å²) in [7, 11) is 0. The smallest absolute Gasteiger partial charge is 0.254 e. The van der Waals surface area contributed by atoms with Crippen LogP contribution in [-0.4, -0.2) is 28.9 Å². The molecular formula is C12H14BrClN2OS. The highest BCUT2D eigenvalue weighted by Crippen LogP contribution is 2.23. The number of halogens is 2. The van der Waals surface area contributed by atoms with Crippen LogP contribution in [-0.2, 0) is 0 Å². The van der Waals surface area contributed by atoms with Gasteiger partial charge in [0.2, 0.25) is 0 Å². The van der Waals surface area contributed by atoms with E-state index in [2.05, 4.69) is 15.9 Å². The van der Waals surface area contributed by atoms with Gasteiger partial charge in [-0.15, -0.1) is 0 Å². The maximum absolute atomic E-state index is 12.3. The number of carbonyl (C=O) groups is 1. The fourth-order valence-corrected chi connectivity index (χ4v) is 2.11. The Bertz CT molecular complexity index is 467. The zero-order chi connectivity index (χ0) is 13.7. The summed E-state index contributed by atoms with van der Waals surface area (Å²) < 4.78 is 0.761. The zero-order valence-corrected chi connectivity index (χ0v) is 13.1. The summed E-state index contributed by atoms with van der Waals surface area (Å²) in [6.45, 7) is 2.90. The van der Waals surface area contributed by atoms with Crippen LogP contribution in [0.1, 0.15) is 23.7 Å². The molecule has 2 N–H and O–H groups in total. The predicted molar refractivity (Wildman–Crippen MR) is 82.1 cm³/mol. The van der Waals surface area contributed by atoms with Gasteiger partial charge >= 0.3 is 0 Å². The predicted octanol–water partition coefficient (Wildman–Crippen LogP) is 3.24. The minimum Gasteiger partial charge on any atom is -0.392 e. The van der Waals surface area contributed by atoms with Crippen molar-refractivity contribution in [2.24, 2.45) is 5.73 Å². The van der Waals surface area contributed by atoms with Gasteiger partial charge in [0.1, 0.15) is 0 Å². The highest BCUT2D eigenvalue weighted by molar-refractivity contribution is 9.10. The summed E-state index contributed by atoms with van der Waals surface area (Å²) in [5.41, 5.74) is 6.03. The minimum absolute atomic E-state index is 0.112. The lowest BCUT2D eigenvalue weighted by Gasteiger charge is -2.21. The molecule has 1 aromatic rings. The summed E-state index contributed by atoms with van der Waals surface area (Å²) in [4.78, 5) is 14.2. The molecule has 0 heterocycles. The van der Waals surface area contributed by atoms with Crippen molar-refractivity contribution in [3.8, 4) is 0 Å². The molecule has 0 bridgehead atoms. The third-order valence-electron chi connectivity index (χ3n) is 2.29. The van der Waals surface area contributed by atoms with Gasteiger partial charge in [-0.05, 0) is 40.5 Å². The molecule has 0 aromatic heterocycles. The average Bonchev–Trinajstić information content (AvgIpc) is 2.31. The first-order valence-corrected chi connectivity index (χ1v) is 7.06. The summed E-state index contributed by atoms with van der Waals surface area (Å²) in [5, 5.41) is 0.507. The number of nitrogens with two attached hydrogens (primary N) is 1. The maximum atomic E-state index is 12.3. The van der Waals surface area contributed by atoms with E-state index in [1.807, 2.05) is 6.92 Å². The number of thiocarbonyl (C=S) groups is 1. The number of benzene rings is 1. The van der Waals surface area contributed by atoms with Gasteiger partial charge in [0.15, 0.2) is 0 Å². The summed E-state index contributed by atoms with van der Waals surface area (Å²) in [6.07, 6.45) is 0.846. The monoisotopic (exact) mass is 348 g/mol. The maximum Gasteiger partial charge on any atom is 0.254 e. The molecule has 0 spiro atoms. The molecular weight excluding hydrogens is 336 g/mol. The molecule has 0 saturated heterocycles. The first-order chi connectivity index (χ1) is 8.45. The van der Waals surface area contributed by atoms with Gasteiger partial charge in [-0.3, -0.25) is 4.79 Å². The zero-order valence-electron chi connectivity index (χ0n) is 9.95. The van der Waals surface area contributed by atoms with Gasteiger partial charge in [-0.2, -0.15) is 0 Å². The Labute approximate surface area is 125 Å². The molecule has 0 aliphatic heterocycles. The van der Waals surface area contributed by atoms with E-state index in [0.717, 1.165) is 10.9 Å². The van der Waals surface area contributed by atoms with Crippen LogP contribution >= 0.6 is 39.7 Å². The van der Waals surface area contributed by atoms with Gasteiger partial charge in [-0.1, -0.05) is 30.7 Å². The molecule has 1 aromatic carbocycles. The summed E-state index contributed by atoms with van der Waals surface area (Å²) >= 11 is 14.1. The standard InChI is InChI=1S/C12H14BrClN2OS/c1-2-5-16(7-11(15)18)12(17)8-3-4-9(13)10(14)6-8/h3-4,6H,2,5,7H2,1H3,(H2,15,18). The molecule has 0 aliphatic carbocycles. The van der Waals surface area contributed by atoms with Gasteiger partial charge in [0.05, 0.1) is 16.6 Å². The van der Waals surface area contributed by atoms with Crippen molar-refractivity contribution in [2.45, 2.75) is 13.3 Å². The third kappa shape index (κ3) is 4.23. The largest absolute Gasteiger partial charge is 0.392 e. The van der Waals surface area contributed by atoms with Crippen LogP contribution in [0.25, 0.3) is 0 Å². The molecule has 98 valence electrons. The lowest BCUT2D eigenvalue weighted by atomic mass is 10.2. The second kappa shape index (κ2) is 7.07. The van der Waals surface area contributed by atoms with Gasteiger partial charge < -0.3 is 10.6 Å². The van der Waals surface area contributed by atoms with Crippen LogP contribution in [0, 0.1) is 0 Å². The number of rotatable bonds is 5. The molecule has 0 saturated carbocycles. The second-order valence-corrected chi connectivity index (χ2v) is 5.61. The SMILES string of the molecule is CCCN(CC(N)=S)C(=O)c1ccc(Br)c(Cl)c1. The average molecular weight is 350 g/mol. The van der Waals surface area contributed by atoms with Crippen LogP contribution in [0.3, 0.4) is 0 Å². The Hall–Kier alpha value is -0.650. The van der Waals surface area contributed by atoms with Crippen LogP contribution in [0.4, 0.5) is 0 Å². The van der Waals surface area contributed by atoms with Gasteiger partial charge in [0.25, 0.3) is 5.91 Å². The van der Waals surface area contributed by atoms with E-state index in [4.69, 9.17) is 29.6 Å². The van der Waals surface area contributed by atoms with Crippen LogP contribution in [0.2, 0.25) is 5.02 Å². The van der Waals surface area contributed by atoms with Crippen LogP contribution in [0.15, 0.2) is 22.7 Å². The molecule has 1 amide bonds. The number of nitrogens with zero attached hydrogens (tertiary/aromatic N) is 1. The van der Waals surface area contributed by atoms with Crippen molar-refractivity contribution in [2.75, 3.05) is 13.1 Å². The third-order valence-corrected chi connectivity index (χ3v) is 3.66. The van der Waals surface area contributed by atoms with Crippen molar-refractivity contribution in [3.05, 3.63) is 33.3 Å². The Morgan fingerprint density at radius 1 is 1.56 bits per heavy atom. The van der Waals surface area contributed by atoms with Crippen molar-refractivity contribution in [1.29, 1.82) is 0 Å². The molecule has 0 unspecified atom stereocenters. The number of hydrogen-bond acceptors (Lipinski definition) is 2. The van der Waals surface area contributed by atoms with Crippen molar-refractivity contribution in [3.63, 3.8) is 0 Å². The second-order valence-electron chi connectivity index (χ2n) is 3.82. The Balaban J connectivity index is 2.93. The van der Waals surface area contributed by atoms with E-state index in [1.165, 1.54) is 0 Å². The highest BCUT2D eigenvalue weighted by atomic mass is 79.9. The summed E-state index contributed by atoms with van der Waals surface area (Å²) in [6, 6.07) is 5.11. The molecule has 0 atom stereocenters. The van der Waals surface area contributed by atoms with Gasteiger partial charge in [0, 0.05) is 16.6 Å². The van der Waals surface area contributed by atoms with E-state index in [-0.39, 0.29) is 12.5 Å². The molecule has 1 rings (SSSR count).